The molecule has 0 saturated carbocycles. The lowest BCUT2D eigenvalue weighted by Gasteiger charge is -2.12. The van der Waals surface area contributed by atoms with Crippen LogP contribution in [0.25, 0.3) is 5.69 Å². The molecule has 0 unspecified atom stereocenters. The number of anilines is 1. The van der Waals surface area contributed by atoms with Crippen LogP contribution in [0.5, 0.6) is 0 Å². The van der Waals surface area contributed by atoms with Crippen molar-refractivity contribution in [3.8, 4) is 5.69 Å². The van der Waals surface area contributed by atoms with Crippen LogP contribution >= 0.6 is 0 Å². The Hall–Kier alpha value is -2.28. The quantitative estimate of drug-likeness (QED) is 0.857. The number of carbonyl (C=O) groups is 1. The van der Waals surface area contributed by atoms with Crippen molar-refractivity contribution in [3.63, 3.8) is 0 Å². The molecule has 1 aromatic heterocycles. The fourth-order valence-electron chi connectivity index (χ4n) is 2.32. The molecule has 1 amide bonds. The smallest absolute Gasteiger partial charge is 0.241 e. The minimum absolute atomic E-state index is 0.00749. The maximum atomic E-state index is 12.1. The van der Waals surface area contributed by atoms with Gasteiger partial charge in [0.1, 0.15) is 0 Å². The van der Waals surface area contributed by atoms with E-state index in [1.807, 2.05) is 31.2 Å². The standard InChI is InChI=1S/C13H16N6O/c1-9-16-17-18-19(9)11-5-2-4-10(8-11)15-13(20)12-6-3-7-14-12/h2,4-5,8,12,14H,3,6-7H2,1H3,(H,15,20)/t12-/m0/s1. The van der Waals surface area contributed by atoms with E-state index in [1.54, 1.807) is 4.68 Å². The zero-order chi connectivity index (χ0) is 13.9. The summed E-state index contributed by atoms with van der Waals surface area (Å²) in [7, 11) is 0. The van der Waals surface area contributed by atoms with Crippen LogP contribution in [0.4, 0.5) is 5.69 Å². The summed E-state index contributed by atoms with van der Waals surface area (Å²) in [5.74, 6) is 0.707. The first-order valence-electron chi connectivity index (χ1n) is 6.64. The van der Waals surface area contributed by atoms with Gasteiger partial charge in [0.05, 0.1) is 11.7 Å². The minimum atomic E-state index is -0.0894. The number of rotatable bonds is 3. The third-order valence-electron chi connectivity index (χ3n) is 3.36. The predicted octanol–water partition coefficient (Wildman–Crippen LogP) is 0.661. The van der Waals surface area contributed by atoms with E-state index in [2.05, 4.69) is 26.2 Å². The van der Waals surface area contributed by atoms with E-state index >= 15 is 0 Å². The molecule has 20 heavy (non-hydrogen) atoms. The number of amides is 1. The van der Waals surface area contributed by atoms with Crippen molar-refractivity contribution in [2.45, 2.75) is 25.8 Å². The number of nitrogens with one attached hydrogen (secondary N) is 2. The summed E-state index contributed by atoms with van der Waals surface area (Å²) in [6.07, 6.45) is 1.93. The molecular formula is C13H16N6O. The maximum Gasteiger partial charge on any atom is 0.241 e. The molecule has 1 aliphatic rings. The molecule has 7 heteroatoms. The second-order valence-electron chi connectivity index (χ2n) is 4.83. The van der Waals surface area contributed by atoms with Gasteiger partial charge >= 0.3 is 0 Å². The Morgan fingerprint density at radius 3 is 3.10 bits per heavy atom. The highest BCUT2D eigenvalue weighted by molar-refractivity contribution is 5.95. The number of tetrazole rings is 1. The fourth-order valence-corrected chi connectivity index (χ4v) is 2.32. The number of hydrogen-bond donors (Lipinski definition) is 2. The van der Waals surface area contributed by atoms with Gasteiger partial charge < -0.3 is 10.6 Å². The summed E-state index contributed by atoms with van der Waals surface area (Å²) < 4.78 is 1.63. The number of nitrogens with zero attached hydrogens (tertiary/aromatic N) is 4. The van der Waals surface area contributed by atoms with Crippen molar-refractivity contribution in [1.29, 1.82) is 0 Å². The van der Waals surface area contributed by atoms with E-state index < -0.39 is 0 Å². The van der Waals surface area contributed by atoms with Crippen molar-refractivity contribution in [2.75, 3.05) is 11.9 Å². The lowest BCUT2D eigenvalue weighted by atomic mass is 10.2. The molecule has 3 rings (SSSR count). The topological polar surface area (TPSA) is 84.7 Å². The van der Waals surface area contributed by atoms with Gasteiger partial charge in [0, 0.05) is 5.69 Å². The Morgan fingerprint density at radius 2 is 2.40 bits per heavy atom. The first-order valence-corrected chi connectivity index (χ1v) is 6.64. The Balaban J connectivity index is 1.78. The van der Waals surface area contributed by atoms with E-state index in [0.717, 1.165) is 30.8 Å². The van der Waals surface area contributed by atoms with Crippen LogP contribution in [0, 0.1) is 6.92 Å². The van der Waals surface area contributed by atoms with Gasteiger partial charge in [-0.05, 0) is 54.9 Å². The molecule has 0 aliphatic carbocycles. The van der Waals surface area contributed by atoms with Crippen LogP contribution in [-0.2, 0) is 4.79 Å². The highest BCUT2D eigenvalue weighted by Gasteiger charge is 2.21. The molecule has 0 radical (unpaired) electrons. The number of aryl methyl sites for hydroxylation is 1. The Labute approximate surface area is 116 Å². The highest BCUT2D eigenvalue weighted by atomic mass is 16.2. The fraction of sp³-hybridized carbons (Fsp3) is 0.385. The number of benzene rings is 1. The molecule has 1 fully saturated rings. The molecule has 2 heterocycles. The van der Waals surface area contributed by atoms with E-state index in [9.17, 15) is 4.79 Å². The normalized spacial score (nSPS) is 18.1. The van der Waals surface area contributed by atoms with E-state index in [4.69, 9.17) is 0 Å². The van der Waals surface area contributed by atoms with E-state index in [1.165, 1.54) is 0 Å². The van der Waals surface area contributed by atoms with Gasteiger partial charge in [-0.25, -0.2) is 0 Å². The van der Waals surface area contributed by atoms with Crippen LogP contribution in [-0.4, -0.2) is 38.7 Å². The Kier molecular flexibility index (Phi) is 3.42. The molecule has 2 aromatic rings. The molecule has 2 N–H and O–H groups in total. The van der Waals surface area contributed by atoms with Gasteiger partial charge in [-0.2, -0.15) is 4.68 Å². The average Bonchev–Trinajstić information content (AvgIpc) is 3.10. The van der Waals surface area contributed by atoms with Gasteiger partial charge in [0.2, 0.25) is 5.91 Å². The van der Waals surface area contributed by atoms with E-state index in [-0.39, 0.29) is 11.9 Å². The largest absolute Gasteiger partial charge is 0.325 e. The first-order chi connectivity index (χ1) is 9.74. The number of hydrogen-bond acceptors (Lipinski definition) is 5. The highest BCUT2D eigenvalue weighted by Crippen LogP contribution is 2.16. The van der Waals surface area contributed by atoms with Gasteiger partial charge in [0.25, 0.3) is 0 Å². The van der Waals surface area contributed by atoms with Gasteiger partial charge in [0.15, 0.2) is 5.82 Å². The maximum absolute atomic E-state index is 12.1. The van der Waals surface area contributed by atoms with Gasteiger partial charge in [-0.15, -0.1) is 5.10 Å². The zero-order valence-corrected chi connectivity index (χ0v) is 11.2. The summed E-state index contributed by atoms with van der Waals surface area (Å²) in [6, 6.07) is 7.39. The van der Waals surface area contributed by atoms with Gasteiger partial charge in [-0.1, -0.05) is 6.07 Å². The van der Waals surface area contributed by atoms with Crippen molar-refractivity contribution in [3.05, 3.63) is 30.1 Å². The first kappa shape index (κ1) is 12.7. The lowest BCUT2D eigenvalue weighted by molar-refractivity contribution is -0.117. The third kappa shape index (κ3) is 2.53. The summed E-state index contributed by atoms with van der Waals surface area (Å²) in [6.45, 7) is 2.73. The van der Waals surface area contributed by atoms with Gasteiger partial charge in [-0.3, -0.25) is 4.79 Å². The zero-order valence-electron chi connectivity index (χ0n) is 11.2. The minimum Gasteiger partial charge on any atom is -0.325 e. The molecule has 1 aromatic carbocycles. The molecule has 1 atom stereocenters. The van der Waals surface area contributed by atoms with Crippen LogP contribution in [0.15, 0.2) is 24.3 Å². The molecule has 1 aliphatic heterocycles. The summed E-state index contributed by atoms with van der Waals surface area (Å²) >= 11 is 0. The Bertz CT molecular complexity index is 617. The van der Waals surface area contributed by atoms with Crippen LogP contribution < -0.4 is 10.6 Å². The van der Waals surface area contributed by atoms with Crippen LogP contribution in [0.3, 0.4) is 0 Å². The summed E-state index contributed by atoms with van der Waals surface area (Å²) in [4.78, 5) is 12.1. The summed E-state index contributed by atoms with van der Waals surface area (Å²) in [5, 5.41) is 17.5. The lowest BCUT2D eigenvalue weighted by Crippen LogP contribution is -2.35. The van der Waals surface area contributed by atoms with E-state index in [0.29, 0.717) is 5.82 Å². The molecule has 104 valence electrons. The second-order valence-corrected chi connectivity index (χ2v) is 4.83. The number of carbonyl (C=O) groups excluding carboxylic acids is 1. The molecule has 0 spiro atoms. The van der Waals surface area contributed by atoms with Crippen molar-refractivity contribution < 1.29 is 4.79 Å². The van der Waals surface area contributed by atoms with Crippen LogP contribution in [0.2, 0.25) is 0 Å². The third-order valence-corrected chi connectivity index (χ3v) is 3.36. The predicted molar refractivity (Wildman–Crippen MR) is 73.5 cm³/mol. The Morgan fingerprint density at radius 1 is 1.50 bits per heavy atom. The average molecular weight is 272 g/mol. The van der Waals surface area contributed by atoms with Crippen LogP contribution in [0.1, 0.15) is 18.7 Å². The molecule has 1 saturated heterocycles. The van der Waals surface area contributed by atoms with Crippen molar-refractivity contribution in [1.82, 2.24) is 25.5 Å². The SMILES string of the molecule is Cc1nnnn1-c1cccc(NC(=O)[C@@H]2CCCN2)c1. The second kappa shape index (κ2) is 5.38. The molecule has 7 nitrogen and oxygen atoms in total. The monoisotopic (exact) mass is 272 g/mol. The molecular weight excluding hydrogens is 256 g/mol. The number of aromatic nitrogens is 4. The van der Waals surface area contributed by atoms with Crippen molar-refractivity contribution in [2.24, 2.45) is 0 Å². The molecule has 0 bridgehead atoms. The van der Waals surface area contributed by atoms with Crippen molar-refractivity contribution >= 4 is 11.6 Å². The summed E-state index contributed by atoms with van der Waals surface area (Å²) in [5.41, 5.74) is 1.57.